The molecule has 1 atom stereocenters. The maximum Gasteiger partial charge on any atom is 0.407 e. The molecule has 0 saturated heterocycles. The lowest BCUT2D eigenvalue weighted by molar-refractivity contribution is -0.139. The second kappa shape index (κ2) is 12.6. The van der Waals surface area contributed by atoms with Crippen LogP contribution in [0.1, 0.15) is 49.8 Å². The Bertz CT molecular complexity index is 1590. The number of nitrogens with zero attached hydrogens (tertiary/aromatic N) is 1. The molecule has 224 valence electrons. The molecule has 0 aliphatic heterocycles. The van der Waals surface area contributed by atoms with Gasteiger partial charge in [-0.1, -0.05) is 66.7 Å². The molecule has 43 heavy (non-hydrogen) atoms. The van der Waals surface area contributed by atoms with E-state index in [0.717, 1.165) is 38.7 Å². The molecular formula is C34H37N3O6. The molecule has 9 heteroatoms. The Labute approximate surface area is 250 Å². The van der Waals surface area contributed by atoms with Crippen molar-refractivity contribution in [1.29, 1.82) is 0 Å². The molecule has 4 aromatic rings. The largest absolute Gasteiger partial charge is 0.480 e. The molecular weight excluding hydrogens is 546 g/mol. The minimum absolute atomic E-state index is 0.0865. The number of benzene rings is 3. The van der Waals surface area contributed by atoms with Crippen LogP contribution in [0.25, 0.3) is 22.0 Å². The van der Waals surface area contributed by atoms with Gasteiger partial charge in [0.15, 0.2) is 0 Å². The highest BCUT2D eigenvalue weighted by atomic mass is 16.6. The molecule has 0 radical (unpaired) electrons. The summed E-state index contributed by atoms with van der Waals surface area (Å²) in [4.78, 5) is 37.0. The molecule has 0 bridgehead atoms. The van der Waals surface area contributed by atoms with E-state index in [9.17, 15) is 19.5 Å². The van der Waals surface area contributed by atoms with E-state index in [4.69, 9.17) is 9.47 Å². The van der Waals surface area contributed by atoms with Crippen LogP contribution >= 0.6 is 0 Å². The van der Waals surface area contributed by atoms with Gasteiger partial charge < -0.3 is 29.8 Å². The third-order valence-corrected chi connectivity index (χ3v) is 7.47. The number of carbonyl (C=O) groups excluding carboxylic acids is 2. The second-order valence-corrected chi connectivity index (χ2v) is 11.7. The molecule has 1 aliphatic rings. The van der Waals surface area contributed by atoms with Gasteiger partial charge in [0.1, 0.15) is 18.2 Å². The highest BCUT2D eigenvalue weighted by Crippen LogP contribution is 2.44. The van der Waals surface area contributed by atoms with E-state index < -0.39 is 29.8 Å². The van der Waals surface area contributed by atoms with Crippen molar-refractivity contribution < 1.29 is 29.0 Å². The molecule has 0 spiro atoms. The van der Waals surface area contributed by atoms with Gasteiger partial charge in [-0.05, 0) is 61.1 Å². The summed E-state index contributed by atoms with van der Waals surface area (Å²) < 4.78 is 12.9. The summed E-state index contributed by atoms with van der Waals surface area (Å²) in [5.74, 6) is -1.27. The smallest absolute Gasteiger partial charge is 0.407 e. The molecule has 1 aromatic heterocycles. The number of aromatic nitrogens is 1. The number of ether oxygens (including phenoxy) is 2. The van der Waals surface area contributed by atoms with Gasteiger partial charge >= 0.3 is 18.2 Å². The third-order valence-electron chi connectivity index (χ3n) is 7.47. The van der Waals surface area contributed by atoms with Crippen molar-refractivity contribution in [3.8, 4) is 11.1 Å². The van der Waals surface area contributed by atoms with E-state index in [1.165, 1.54) is 0 Å². The van der Waals surface area contributed by atoms with Crippen LogP contribution in [0.2, 0.25) is 0 Å². The average molecular weight is 584 g/mol. The first-order valence-corrected chi connectivity index (χ1v) is 14.5. The second-order valence-electron chi connectivity index (χ2n) is 11.7. The van der Waals surface area contributed by atoms with Gasteiger partial charge in [0.05, 0.1) is 0 Å². The number of amides is 2. The highest BCUT2D eigenvalue weighted by molar-refractivity contribution is 5.86. The summed E-state index contributed by atoms with van der Waals surface area (Å²) in [6, 6.07) is 22.6. The normalized spacial score (nSPS) is 13.2. The molecule has 3 N–H and O–H groups in total. The number of fused-ring (bicyclic) bond motifs is 4. The molecule has 1 aliphatic carbocycles. The highest BCUT2D eigenvalue weighted by Gasteiger charge is 2.30. The molecule has 1 unspecified atom stereocenters. The van der Waals surface area contributed by atoms with Gasteiger partial charge in [-0.15, -0.1) is 0 Å². The fraction of sp³-hybridized carbons (Fsp3) is 0.324. The van der Waals surface area contributed by atoms with Crippen molar-refractivity contribution >= 4 is 29.1 Å². The number of aliphatic carboxylic acids is 1. The molecule has 5 rings (SSSR count). The monoisotopic (exact) mass is 583 g/mol. The number of carbonyl (C=O) groups is 3. The van der Waals surface area contributed by atoms with Gasteiger partial charge in [0, 0.05) is 42.5 Å². The summed E-state index contributed by atoms with van der Waals surface area (Å²) in [7, 11) is 0. The van der Waals surface area contributed by atoms with Gasteiger partial charge in [-0.25, -0.2) is 14.4 Å². The van der Waals surface area contributed by atoms with Crippen molar-refractivity contribution in [2.75, 3.05) is 13.2 Å². The van der Waals surface area contributed by atoms with Crippen molar-refractivity contribution in [1.82, 2.24) is 15.2 Å². The number of para-hydroxylation sites is 1. The predicted molar refractivity (Wildman–Crippen MR) is 164 cm³/mol. The van der Waals surface area contributed by atoms with Crippen molar-refractivity contribution in [2.24, 2.45) is 0 Å². The van der Waals surface area contributed by atoms with Gasteiger partial charge in [-0.3, -0.25) is 0 Å². The molecule has 0 fully saturated rings. The number of rotatable bonds is 10. The number of hydrogen-bond donors (Lipinski definition) is 3. The van der Waals surface area contributed by atoms with E-state index in [0.29, 0.717) is 19.5 Å². The third kappa shape index (κ3) is 6.99. The van der Waals surface area contributed by atoms with Crippen LogP contribution in [0, 0.1) is 0 Å². The fourth-order valence-corrected chi connectivity index (χ4v) is 5.63. The van der Waals surface area contributed by atoms with E-state index in [1.807, 2.05) is 92.2 Å². The Morgan fingerprint density at radius 3 is 2.19 bits per heavy atom. The number of carboxylic acids is 1. The zero-order valence-corrected chi connectivity index (χ0v) is 24.6. The number of hydrogen-bond acceptors (Lipinski definition) is 5. The van der Waals surface area contributed by atoms with E-state index >= 15 is 0 Å². The van der Waals surface area contributed by atoms with E-state index in [1.54, 1.807) is 0 Å². The quantitative estimate of drug-likeness (QED) is 0.195. The molecule has 1 heterocycles. The average Bonchev–Trinajstić information content (AvgIpc) is 3.48. The minimum Gasteiger partial charge on any atom is -0.480 e. The first-order chi connectivity index (χ1) is 20.6. The van der Waals surface area contributed by atoms with Gasteiger partial charge in [0.2, 0.25) is 0 Å². The lowest BCUT2D eigenvalue weighted by atomic mass is 9.98. The maximum absolute atomic E-state index is 12.9. The van der Waals surface area contributed by atoms with Crippen LogP contribution < -0.4 is 10.6 Å². The Morgan fingerprint density at radius 2 is 1.53 bits per heavy atom. The summed E-state index contributed by atoms with van der Waals surface area (Å²) in [6.45, 7) is 6.57. The van der Waals surface area contributed by atoms with Crippen LogP contribution in [0.3, 0.4) is 0 Å². The number of carboxylic acid groups (broad SMARTS) is 1. The molecule has 3 aromatic carbocycles. The van der Waals surface area contributed by atoms with Gasteiger partial charge in [-0.2, -0.15) is 0 Å². The fourth-order valence-electron chi connectivity index (χ4n) is 5.63. The topological polar surface area (TPSA) is 119 Å². The SMILES string of the molecule is CC(C)(C)OC(=O)NCCCn1cc(CC(NC(=O)OCC2c3ccccc3-c3ccccc32)C(=O)O)c2ccccc21. The number of alkyl carbamates (subject to hydrolysis) is 2. The van der Waals surface area contributed by atoms with E-state index in [2.05, 4.69) is 22.8 Å². The van der Waals surface area contributed by atoms with Crippen LogP contribution in [0.15, 0.2) is 79.0 Å². The first-order valence-electron chi connectivity index (χ1n) is 14.5. The van der Waals surface area contributed by atoms with Crippen LogP contribution in [-0.4, -0.2) is 52.6 Å². The van der Waals surface area contributed by atoms with Crippen molar-refractivity contribution in [2.45, 2.75) is 57.7 Å². The molecule has 2 amide bonds. The molecule has 9 nitrogen and oxygen atoms in total. The predicted octanol–water partition coefficient (Wildman–Crippen LogP) is 6.09. The standard InChI is InChI=1S/C34H37N3O6/c1-34(2,3)43-32(40)35-17-10-18-37-20-22(23-11-8-9-16-30(23)37)19-29(31(38)39)36-33(41)42-21-28-26-14-6-4-12-24(26)25-13-5-7-15-27(25)28/h4-9,11-16,20,28-29H,10,17-19,21H2,1-3H3,(H,35,40)(H,36,41)(H,38,39). The van der Waals surface area contributed by atoms with Crippen molar-refractivity contribution in [3.63, 3.8) is 0 Å². The Hall–Kier alpha value is -4.79. The lowest BCUT2D eigenvalue weighted by Gasteiger charge is -2.19. The zero-order valence-electron chi connectivity index (χ0n) is 24.6. The summed E-state index contributed by atoms with van der Waals surface area (Å²) in [5.41, 5.74) is 5.58. The van der Waals surface area contributed by atoms with Crippen LogP contribution in [-0.2, 0) is 27.2 Å². The Kier molecular flexibility index (Phi) is 8.71. The summed E-state index contributed by atoms with van der Waals surface area (Å²) in [6.07, 6.45) is 1.41. The van der Waals surface area contributed by atoms with Gasteiger partial charge in [0.25, 0.3) is 0 Å². The summed E-state index contributed by atoms with van der Waals surface area (Å²) >= 11 is 0. The zero-order chi connectivity index (χ0) is 30.6. The summed E-state index contributed by atoms with van der Waals surface area (Å²) in [5, 5.41) is 16.2. The van der Waals surface area contributed by atoms with Crippen LogP contribution in [0.5, 0.6) is 0 Å². The maximum atomic E-state index is 12.9. The minimum atomic E-state index is -1.18. The van der Waals surface area contributed by atoms with Crippen molar-refractivity contribution in [3.05, 3.63) is 95.7 Å². The number of nitrogens with one attached hydrogen (secondary N) is 2. The Morgan fingerprint density at radius 1 is 0.907 bits per heavy atom. The Balaban J connectivity index is 1.22. The lowest BCUT2D eigenvalue weighted by Crippen LogP contribution is -2.42. The number of aryl methyl sites for hydroxylation is 1. The van der Waals surface area contributed by atoms with Crippen LogP contribution in [0.4, 0.5) is 9.59 Å². The van der Waals surface area contributed by atoms with E-state index in [-0.39, 0.29) is 18.9 Å². The first kappa shape index (κ1) is 29.7. The molecule has 0 saturated carbocycles.